The molecule has 1 aromatic carbocycles. The van der Waals surface area contributed by atoms with Crippen LogP contribution in [0.3, 0.4) is 0 Å². The van der Waals surface area contributed by atoms with E-state index in [4.69, 9.17) is 17.3 Å². The van der Waals surface area contributed by atoms with Crippen LogP contribution in [0.15, 0.2) is 24.3 Å². The Bertz CT molecular complexity index is 229. The summed E-state index contributed by atoms with van der Waals surface area (Å²) < 4.78 is 9.86. The summed E-state index contributed by atoms with van der Waals surface area (Å²) in [5.41, 5.74) is 0.693. The van der Waals surface area contributed by atoms with Crippen molar-refractivity contribution in [1.29, 1.82) is 0 Å². The molecule has 2 radical (unpaired) electrons. The maximum absolute atomic E-state index is 5.51. The fraction of sp³-hybridized carbons (Fsp3) is 0.250. The molecule has 0 saturated heterocycles. The zero-order valence-corrected chi connectivity index (χ0v) is 7.41. The molecule has 4 N–H and O–H groups in total. The molecule has 0 heterocycles. The number of methoxy groups -OCH3 is 1. The quantitative estimate of drug-likeness (QED) is 0.437. The molecule has 0 aliphatic rings. The van der Waals surface area contributed by atoms with Gasteiger partial charge in [0.25, 0.3) is 0 Å². The van der Waals surface area contributed by atoms with Gasteiger partial charge in [0.15, 0.2) is 6.79 Å². The van der Waals surface area contributed by atoms with Crippen molar-refractivity contribution >= 4 is 13.3 Å². The van der Waals surface area contributed by atoms with Gasteiger partial charge in [-0.2, -0.15) is 0 Å². The first-order valence-corrected chi connectivity index (χ1v) is 3.30. The van der Waals surface area contributed by atoms with Crippen LogP contribution < -0.4 is 10.2 Å². The van der Waals surface area contributed by atoms with E-state index in [0.29, 0.717) is 5.46 Å². The van der Waals surface area contributed by atoms with Gasteiger partial charge in [0.2, 0.25) is 0 Å². The summed E-state index contributed by atoms with van der Waals surface area (Å²) in [6.45, 7) is 0.253. The maximum Gasteiger partial charge on any atom is 0.188 e. The summed E-state index contributed by atoms with van der Waals surface area (Å²) in [7, 11) is 7.09. The van der Waals surface area contributed by atoms with E-state index in [0.717, 1.165) is 5.75 Å². The Labute approximate surface area is 78.5 Å². The van der Waals surface area contributed by atoms with Gasteiger partial charge < -0.3 is 20.4 Å². The molecule has 0 aliphatic heterocycles. The fourth-order valence-corrected chi connectivity index (χ4v) is 0.731. The van der Waals surface area contributed by atoms with Gasteiger partial charge >= 0.3 is 0 Å². The zero-order valence-electron chi connectivity index (χ0n) is 7.41. The minimum Gasteiger partial charge on any atom is -0.468 e. The predicted octanol–water partition coefficient (Wildman–Crippen LogP) is -1.19. The molecular formula is C8H13BO4. The molecule has 0 saturated carbocycles. The van der Waals surface area contributed by atoms with Crippen LogP contribution in [0.2, 0.25) is 0 Å². The summed E-state index contributed by atoms with van der Waals surface area (Å²) in [4.78, 5) is 0. The third kappa shape index (κ3) is 5.24. The van der Waals surface area contributed by atoms with Crippen molar-refractivity contribution in [2.75, 3.05) is 13.9 Å². The van der Waals surface area contributed by atoms with Crippen LogP contribution in [-0.4, -0.2) is 32.7 Å². The minimum atomic E-state index is 0. The molecule has 0 aliphatic carbocycles. The highest BCUT2D eigenvalue weighted by Crippen LogP contribution is 2.05. The molecule has 0 unspecified atom stereocenters. The molecule has 1 rings (SSSR count). The molecule has 1 aromatic rings. The summed E-state index contributed by atoms with van der Waals surface area (Å²) in [5, 5.41) is 0. The molecule has 4 nitrogen and oxygen atoms in total. The van der Waals surface area contributed by atoms with Crippen molar-refractivity contribution in [2.24, 2.45) is 0 Å². The average Bonchev–Trinajstić information content (AvgIpc) is 2.01. The number of ether oxygens (including phenoxy) is 2. The summed E-state index contributed by atoms with van der Waals surface area (Å²) in [6.07, 6.45) is 0. The van der Waals surface area contributed by atoms with E-state index in [-0.39, 0.29) is 17.7 Å². The molecule has 0 spiro atoms. The third-order valence-corrected chi connectivity index (χ3v) is 1.20. The molecule has 5 heteroatoms. The van der Waals surface area contributed by atoms with Crippen LogP contribution in [0.1, 0.15) is 0 Å². The van der Waals surface area contributed by atoms with Gasteiger partial charge in [-0.1, -0.05) is 17.6 Å². The highest BCUT2D eigenvalue weighted by molar-refractivity contribution is 6.32. The van der Waals surface area contributed by atoms with Crippen molar-refractivity contribution in [1.82, 2.24) is 0 Å². The predicted molar refractivity (Wildman–Crippen MR) is 51.6 cm³/mol. The van der Waals surface area contributed by atoms with Crippen molar-refractivity contribution in [3.8, 4) is 5.75 Å². The first-order valence-electron chi connectivity index (χ1n) is 3.30. The second-order valence-electron chi connectivity index (χ2n) is 2.12. The lowest BCUT2D eigenvalue weighted by Gasteiger charge is -2.04. The van der Waals surface area contributed by atoms with Crippen molar-refractivity contribution in [2.45, 2.75) is 0 Å². The third-order valence-electron chi connectivity index (χ3n) is 1.20. The van der Waals surface area contributed by atoms with Crippen LogP contribution >= 0.6 is 0 Å². The molecule has 13 heavy (non-hydrogen) atoms. The number of rotatable bonds is 3. The van der Waals surface area contributed by atoms with E-state index in [1.54, 1.807) is 19.2 Å². The van der Waals surface area contributed by atoms with E-state index < -0.39 is 0 Å². The summed E-state index contributed by atoms with van der Waals surface area (Å²) >= 11 is 0. The Morgan fingerprint density at radius 3 is 2.54 bits per heavy atom. The number of hydrogen-bond donors (Lipinski definition) is 0. The van der Waals surface area contributed by atoms with Gasteiger partial charge in [-0.25, -0.2) is 0 Å². The standard InChI is InChI=1S/C8H9BO2.2H2O/c1-10-6-11-8-4-2-3-7(9)5-8;;/h2-5H,6H2,1H3;2*1H2. The summed E-state index contributed by atoms with van der Waals surface area (Å²) in [6, 6.07) is 7.22. The van der Waals surface area contributed by atoms with E-state index in [1.807, 2.05) is 12.1 Å². The van der Waals surface area contributed by atoms with Crippen LogP contribution in [-0.2, 0) is 4.74 Å². The van der Waals surface area contributed by atoms with Crippen LogP contribution in [0.4, 0.5) is 0 Å². The topological polar surface area (TPSA) is 81.5 Å². The van der Waals surface area contributed by atoms with Gasteiger partial charge in [0.1, 0.15) is 13.6 Å². The molecule has 0 aromatic heterocycles. The Morgan fingerprint density at radius 2 is 2.00 bits per heavy atom. The van der Waals surface area contributed by atoms with Gasteiger partial charge in [0, 0.05) is 7.11 Å². The number of benzene rings is 1. The van der Waals surface area contributed by atoms with E-state index in [9.17, 15) is 0 Å². The van der Waals surface area contributed by atoms with Crippen molar-refractivity contribution < 1.29 is 20.4 Å². The second kappa shape index (κ2) is 7.61. The van der Waals surface area contributed by atoms with E-state index in [2.05, 4.69) is 0 Å². The summed E-state index contributed by atoms with van der Waals surface area (Å²) in [5.74, 6) is 0.729. The van der Waals surface area contributed by atoms with E-state index in [1.165, 1.54) is 0 Å². The Kier molecular flexibility index (Phi) is 8.48. The van der Waals surface area contributed by atoms with Crippen LogP contribution in [0.25, 0.3) is 0 Å². The highest BCUT2D eigenvalue weighted by Gasteiger charge is 1.90. The molecule has 0 fully saturated rings. The second-order valence-corrected chi connectivity index (χ2v) is 2.12. The van der Waals surface area contributed by atoms with Gasteiger partial charge in [-0.3, -0.25) is 0 Å². The molecular weight excluding hydrogens is 171 g/mol. The lowest BCUT2D eigenvalue weighted by atomic mass is 9.96. The average molecular weight is 184 g/mol. The van der Waals surface area contributed by atoms with Crippen LogP contribution in [0.5, 0.6) is 5.75 Å². The van der Waals surface area contributed by atoms with Crippen molar-refractivity contribution in [3.05, 3.63) is 24.3 Å². The number of hydrogen-bond acceptors (Lipinski definition) is 2. The first-order chi connectivity index (χ1) is 5.33. The molecule has 0 amide bonds. The largest absolute Gasteiger partial charge is 0.468 e. The monoisotopic (exact) mass is 184 g/mol. The first kappa shape index (κ1) is 14.5. The molecule has 0 atom stereocenters. The van der Waals surface area contributed by atoms with Gasteiger partial charge in [0.05, 0.1) is 0 Å². The SMILES string of the molecule is O.O.[B]c1cccc(OCOC)c1. The molecule has 72 valence electrons. The maximum atomic E-state index is 5.51. The Hall–Kier alpha value is -1.04. The Morgan fingerprint density at radius 1 is 1.31 bits per heavy atom. The lowest BCUT2D eigenvalue weighted by Crippen LogP contribution is -2.04. The van der Waals surface area contributed by atoms with Gasteiger partial charge in [-0.05, 0) is 12.1 Å². The van der Waals surface area contributed by atoms with Crippen LogP contribution in [0, 0.1) is 0 Å². The highest BCUT2D eigenvalue weighted by atomic mass is 16.7. The van der Waals surface area contributed by atoms with Crippen molar-refractivity contribution in [3.63, 3.8) is 0 Å². The normalized spacial score (nSPS) is 8.08. The fourth-order valence-electron chi connectivity index (χ4n) is 0.731. The molecule has 0 bridgehead atoms. The smallest absolute Gasteiger partial charge is 0.188 e. The zero-order chi connectivity index (χ0) is 8.10. The lowest BCUT2D eigenvalue weighted by molar-refractivity contribution is 0.0512. The van der Waals surface area contributed by atoms with Gasteiger partial charge in [-0.15, -0.1) is 0 Å². The van der Waals surface area contributed by atoms with E-state index >= 15 is 0 Å². The Balaban J connectivity index is 0. The minimum absolute atomic E-state index is 0.